The molecule has 3 rings (SSSR count). The second kappa shape index (κ2) is 11.7. The van der Waals surface area contributed by atoms with Crippen molar-refractivity contribution < 1.29 is 23.8 Å². The number of benzene rings is 3. The number of hydrogen-bond acceptors (Lipinski definition) is 6. The fourth-order valence-electron chi connectivity index (χ4n) is 2.67. The van der Waals surface area contributed by atoms with E-state index in [0.29, 0.717) is 40.0 Å². The molecule has 3 aromatic carbocycles. The third kappa shape index (κ3) is 7.36. The zero-order chi connectivity index (χ0) is 23.6. The lowest BCUT2D eigenvalue weighted by Gasteiger charge is -2.12. The van der Waals surface area contributed by atoms with Gasteiger partial charge in [0.25, 0.3) is 5.91 Å². The minimum Gasteiger partial charge on any atom is -0.494 e. The Morgan fingerprint density at radius 2 is 1.55 bits per heavy atom. The zero-order valence-corrected chi connectivity index (χ0v) is 18.9. The maximum absolute atomic E-state index is 12.3. The van der Waals surface area contributed by atoms with E-state index in [9.17, 15) is 9.59 Å². The van der Waals surface area contributed by atoms with Crippen LogP contribution >= 0.6 is 11.6 Å². The van der Waals surface area contributed by atoms with Crippen LogP contribution in [0.4, 0.5) is 0 Å². The van der Waals surface area contributed by atoms with Crippen LogP contribution in [-0.4, -0.2) is 30.8 Å². The number of nitrogens with one attached hydrogen (secondary N) is 1. The highest BCUT2D eigenvalue weighted by atomic mass is 35.5. The van der Waals surface area contributed by atoms with Gasteiger partial charge in [0, 0.05) is 5.02 Å². The molecule has 0 saturated heterocycles. The molecule has 8 heteroatoms. The van der Waals surface area contributed by atoms with Gasteiger partial charge in [-0.2, -0.15) is 5.10 Å². The van der Waals surface area contributed by atoms with Crippen LogP contribution in [0.25, 0.3) is 0 Å². The fourth-order valence-corrected chi connectivity index (χ4v) is 2.80. The molecule has 0 aliphatic rings. The molecule has 3 aromatic rings. The normalized spacial score (nSPS) is 11.6. The lowest BCUT2D eigenvalue weighted by Crippen LogP contribution is -2.33. The quantitative estimate of drug-likeness (QED) is 0.210. The summed E-state index contributed by atoms with van der Waals surface area (Å²) >= 11 is 5.83. The smallest absolute Gasteiger partial charge is 0.343 e. The Balaban J connectivity index is 1.48. The van der Waals surface area contributed by atoms with Crippen LogP contribution in [0.2, 0.25) is 5.02 Å². The van der Waals surface area contributed by atoms with Gasteiger partial charge in [-0.05, 0) is 92.2 Å². The SMILES string of the molecule is CCOc1ccc(C(=O)Oc2ccc(/C=N/NC(=O)C(C)Oc3ccc(Cl)cc3)cc2)cc1. The summed E-state index contributed by atoms with van der Waals surface area (Å²) in [6.45, 7) is 4.06. The van der Waals surface area contributed by atoms with E-state index in [1.165, 1.54) is 6.21 Å². The lowest BCUT2D eigenvalue weighted by molar-refractivity contribution is -0.127. The fraction of sp³-hybridized carbons (Fsp3) is 0.160. The van der Waals surface area contributed by atoms with Crippen LogP contribution in [-0.2, 0) is 4.79 Å². The molecule has 0 fully saturated rings. The maximum Gasteiger partial charge on any atom is 0.343 e. The van der Waals surface area contributed by atoms with Crippen molar-refractivity contribution in [2.45, 2.75) is 20.0 Å². The lowest BCUT2D eigenvalue weighted by atomic mass is 10.2. The Morgan fingerprint density at radius 3 is 2.18 bits per heavy atom. The second-order valence-electron chi connectivity index (χ2n) is 6.86. The van der Waals surface area contributed by atoms with Gasteiger partial charge in [0.1, 0.15) is 17.2 Å². The first kappa shape index (κ1) is 23.8. The summed E-state index contributed by atoms with van der Waals surface area (Å²) in [4.78, 5) is 24.4. The van der Waals surface area contributed by atoms with E-state index >= 15 is 0 Å². The first-order valence-corrected chi connectivity index (χ1v) is 10.6. The van der Waals surface area contributed by atoms with Crippen molar-refractivity contribution in [2.75, 3.05) is 6.61 Å². The van der Waals surface area contributed by atoms with Crippen molar-refractivity contribution in [3.8, 4) is 17.2 Å². The van der Waals surface area contributed by atoms with Crippen molar-refractivity contribution in [1.29, 1.82) is 0 Å². The molecule has 33 heavy (non-hydrogen) atoms. The van der Waals surface area contributed by atoms with E-state index < -0.39 is 18.0 Å². The molecule has 1 N–H and O–H groups in total. The molecule has 0 spiro atoms. The largest absolute Gasteiger partial charge is 0.494 e. The Hall–Kier alpha value is -3.84. The van der Waals surface area contributed by atoms with Crippen molar-refractivity contribution in [3.05, 3.63) is 88.9 Å². The van der Waals surface area contributed by atoms with Gasteiger partial charge in [-0.25, -0.2) is 10.2 Å². The van der Waals surface area contributed by atoms with Crippen molar-refractivity contribution in [2.24, 2.45) is 5.10 Å². The van der Waals surface area contributed by atoms with E-state index in [1.807, 2.05) is 6.92 Å². The molecule has 0 aromatic heterocycles. The summed E-state index contributed by atoms with van der Waals surface area (Å²) in [5.41, 5.74) is 3.56. The van der Waals surface area contributed by atoms with Gasteiger partial charge in [-0.15, -0.1) is 0 Å². The predicted octanol–water partition coefficient (Wildman–Crippen LogP) is 4.88. The molecule has 0 aliphatic carbocycles. The molecule has 0 aliphatic heterocycles. The highest BCUT2D eigenvalue weighted by Gasteiger charge is 2.14. The molecule has 1 unspecified atom stereocenters. The third-order valence-electron chi connectivity index (χ3n) is 4.38. The predicted molar refractivity (Wildman–Crippen MR) is 126 cm³/mol. The Labute approximate surface area is 196 Å². The number of ether oxygens (including phenoxy) is 3. The summed E-state index contributed by atoms with van der Waals surface area (Å²) in [6.07, 6.45) is 0.734. The zero-order valence-electron chi connectivity index (χ0n) is 18.2. The third-order valence-corrected chi connectivity index (χ3v) is 4.63. The molecule has 1 amide bonds. The van der Waals surface area contributed by atoms with Gasteiger partial charge in [-0.1, -0.05) is 11.6 Å². The minimum absolute atomic E-state index is 0.389. The number of halogens is 1. The summed E-state index contributed by atoms with van der Waals surface area (Å²) in [7, 11) is 0. The standard InChI is InChI=1S/C25H23ClN2O5/c1-3-31-21-12-6-19(7-13-21)25(30)33-23-10-4-18(5-11-23)16-27-28-24(29)17(2)32-22-14-8-20(26)9-15-22/h4-17H,3H2,1-2H3,(H,28,29)/b27-16+. The summed E-state index contributed by atoms with van der Waals surface area (Å²) in [6, 6.07) is 20.2. The van der Waals surface area contributed by atoms with Gasteiger partial charge in [0.05, 0.1) is 18.4 Å². The molecular formula is C25H23ClN2O5. The Kier molecular flexibility index (Phi) is 8.43. The number of hydrogen-bond donors (Lipinski definition) is 1. The summed E-state index contributed by atoms with van der Waals surface area (Å²) in [5, 5.41) is 4.52. The number of carbonyl (C=O) groups excluding carboxylic acids is 2. The molecule has 0 radical (unpaired) electrons. The maximum atomic E-state index is 12.3. The number of hydrazone groups is 1. The van der Waals surface area contributed by atoms with Crippen LogP contribution in [0.5, 0.6) is 17.2 Å². The monoisotopic (exact) mass is 466 g/mol. The first-order valence-electron chi connectivity index (χ1n) is 10.2. The van der Waals surface area contributed by atoms with Gasteiger partial charge < -0.3 is 14.2 Å². The first-order chi connectivity index (χ1) is 15.9. The molecule has 170 valence electrons. The number of rotatable bonds is 9. The summed E-state index contributed by atoms with van der Waals surface area (Å²) in [5.74, 6) is 0.737. The Morgan fingerprint density at radius 1 is 0.939 bits per heavy atom. The van der Waals surface area contributed by atoms with Gasteiger partial charge in [0.15, 0.2) is 6.10 Å². The molecule has 0 heterocycles. The van der Waals surface area contributed by atoms with Crippen molar-refractivity contribution in [1.82, 2.24) is 5.43 Å². The van der Waals surface area contributed by atoms with Gasteiger partial charge in [0.2, 0.25) is 0 Å². The second-order valence-corrected chi connectivity index (χ2v) is 7.30. The van der Waals surface area contributed by atoms with E-state index in [4.69, 9.17) is 25.8 Å². The molecular weight excluding hydrogens is 444 g/mol. The molecule has 0 saturated carbocycles. The van der Waals surface area contributed by atoms with E-state index in [-0.39, 0.29) is 0 Å². The van der Waals surface area contributed by atoms with Crippen LogP contribution in [0.1, 0.15) is 29.8 Å². The average molecular weight is 467 g/mol. The van der Waals surface area contributed by atoms with Gasteiger partial charge >= 0.3 is 5.97 Å². The van der Waals surface area contributed by atoms with Crippen molar-refractivity contribution in [3.63, 3.8) is 0 Å². The Bertz CT molecular complexity index is 1100. The number of esters is 1. The van der Waals surface area contributed by atoms with E-state index in [2.05, 4.69) is 10.5 Å². The average Bonchev–Trinajstić information content (AvgIpc) is 2.82. The van der Waals surface area contributed by atoms with Crippen LogP contribution in [0.3, 0.4) is 0 Å². The molecule has 7 nitrogen and oxygen atoms in total. The highest BCUT2D eigenvalue weighted by molar-refractivity contribution is 6.30. The van der Waals surface area contributed by atoms with E-state index in [0.717, 1.165) is 0 Å². The highest BCUT2D eigenvalue weighted by Crippen LogP contribution is 2.18. The number of carbonyl (C=O) groups is 2. The number of nitrogens with zero attached hydrogens (tertiary/aromatic N) is 1. The van der Waals surface area contributed by atoms with Crippen LogP contribution < -0.4 is 19.6 Å². The number of amides is 1. The van der Waals surface area contributed by atoms with E-state index in [1.54, 1.807) is 79.7 Å². The van der Waals surface area contributed by atoms with Gasteiger partial charge in [-0.3, -0.25) is 4.79 Å². The van der Waals surface area contributed by atoms with Crippen LogP contribution in [0, 0.1) is 0 Å². The van der Waals surface area contributed by atoms with Crippen LogP contribution in [0.15, 0.2) is 77.9 Å². The summed E-state index contributed by atoms with van der Waals surface area (Å²) < 4.78 is 16.3. The molecule has 0 bridgehead atoms. The molecule has 1 atom stereocenters. The topological polar surface area (TPSA) is 86.2 Å². The van der Waals surface area contributed by atoms with Crippen molar-refractivity contribution >= 4 is 29.7 Å². The minimum atomic E-state index is -0.743.